The predicted octanol–water partition coefficient (Wildman–Crippen LogP) is 3.27. The molecule has 0 bridgehead atoms. The summed E-state index contributed by atoms with van der Waals surface area (Å²) in [7, 11) is -3.37. The average Bonchev–Trinajstić information content (AvgIpc) is 2.70. The van der Waals surface area contributed by atoms with E-state index in [9.17, 15) is 8.42 Å². The van der Waals surface area contributed by atoms with Crippen LogP contribution in [0, 0.1) is 12.3 Å². The summed E-state index contributed by atoms with van der Waals surface area (Å²) >= 11 is 1.36. The number of hydrogen-bond donors (Lipinski definition) is 2. The molecule has 1 rings (SSSR count). The highest BCUT2D eigenvalue weighted by Gasteiger charge is 2.19. The van der Waals surface area contributed by atoms with Crippen molar-refractivity contribution >= 4 is 21.4 Å². The zero-order chi connectivity index (χ0) is 16.1. The average molecular weight is 333 g/mol. The molecule has 1 aromatic heterocycles. The lowest BCUT2D eigenvalue weighted by atomic mass is 9.93. The molecular formula is C15H28N2O2S2. The van der Waals surface area contributed by atoms with Crippen LogP contribution in [0.1, 0.15) is 51.0 Å². The van der Waals surface area contributed by atoms with E-state index in [0.29, 0.717) is 10.8 Å². The first-order valence-electron chi connectivity index (χ1n) is 7.45. The smallest absolute Gasteiger partial charge is 0.250 e. The number of thiophene rings is 1. The molecule has 0 aliphatic rings. The second-order valence-electron chi connectivity index (χ2n) is 6.56. The number of rotatable bonds is 8. The molecule has 4 nitrogen and oxygen atoms in total. The van der Waals surface area contributed by atoms with E-state index in [-0.39, 0.29) is 5.41 Å². The van der Waals surface area contributed by atoms with E-state index in [0.717, 1.165) is 36.4 Å². The molecule has 0 saturated heterocycles. The molecule has 6 heteroatoms. The van der Waals surface area contributed by atoms with Crippen molar-refractivity contribution in [2.75, 3.05) is 13.1 Å². The summed E-state index contributed by atoms with van der Waals surface area (Å²) in [6, 6.07) is 1.77. The van der Waals surface area contributed by atoms with E-state index in [1.165, 1.54) is 11.3 Å². The Balaban J connectivity index is 2.68. The molecule has 2 N–H and O–H groups in total. The van der Waals surface area contributed by atoms with Crippen LogP contribution in [-0.4, -0.2) is 21.5 Å². The van der Waals surface area contributed by atoms with Gasteiger partial charge in [0.2, 0.25) is 10.0 Å². The van der Waals surface area contributed by atoms with Gasteiger partial charge < -0.3 is 5.32 Å². The van der Waals surface area contributed by atoms with Crippen LogP contribution in [0.3, 0.4) is 0 Å². The minimum atomic E-state index is -3.37. The first-order valence-corrected chi connectivity index (χ1v) is 9.75. The van der Waals surface area contributed by atoms with Gasteiger partial charge in [-0.15, -0.1) is 11.3 Å². The number of hydrogen-bond acceptors (Lipinski definition) is 4. The Kier molecular flexibility index (Phi) is 6.84. The zero-order valence-electron chi connectivity index (χ0n) is 13.7. The van der Waals surface area contributed by atoms with Crippen molar-refractivity contribution in [3.63, 3.8) is 0 Å². The Morgan fingerprint density at radius 3 is 2.48 bits per heavy atom. The molecule has 21 heavy (non-hydrogen) atoms. The van der Waals surface area contributed by atoms with Crippen LogP contribution in [0.25, 0.3) is 0 Å². The standard InChI is InChI=1S/C15H28N2O2S2/c1-6-8-16-11-13-12(2)10-14(20-13)21(18,19)17-9-7-15(3,4)5/h10,16-17H,6-9,11H2,1-5H3. The van der Waals surface area contributed by atoms with Crippen LogP contribution < -0.4 is 10.0 Å². The Morgan fingerprint density at radius 2 is 1.90 bits per heavy atom. The van der Waals surface area contributed by atoms with Gasteiger partial charge in [0.1, 0.15) is 4.21 Å². The van der Waals surface area contributed by atoms with Gasteiger partial charge in [0.25, 0.3) is 0 Å². The maximum atomic E-state index is 12.3. The molecular weight excluding hydrogens is 304 g/mol. The Bertz CT molecular complexity index is 543. The third kappa shape index (κ3) is 6.46. The molecule has 0 aliphatic heterocycles. The zero-order valence-corrected chi connectivity index (χ0v) is 15.4. The van der Waals surface area contributed by atoms with Crippen molar-refractivity contribution in [2.24, 2.45) is 5.41 Å². The maximum Gasteiger partial charge on any atom is 0.250 e. The Hall–Kier alpha value is -0.430. The van der Waals surface area contributed by atoms with Crippen LogP contribution >= 0.6 is 11.3 Å². The molecule has 0 aliphatic carbocycles. The second kappa shape index (κ2) is 7.72. The fraction of sp³-hybridized carbons (Fsp3) is 0.733. The minimum Gasteiger partial charge on any atom is -0.312 e. The van der Waals surface area contributed by atoms with E-state index >= 15 is 0 Å². The molecule has 1 heterocycles. The van der Waals surface area contributed by atoms with Crippen LogP contribution in [0.5, 0.6) is 0 Å². The van der Waals surface area contributed by atoms with Gasteiger partial charge in [-0.25, -0.2) is 13.1 Å². The predicted molar refractivity (Wildman–Crippen MR) is 90.3 cm³/mol. The third-order valence-electron chi connectivity index (χ3n) is 3.14. The van der Waals surface area contributed by atoms with Gasteiger partial charge in [0, 0.05) is 18.0 Å². The van der Waals surface area contributed by atoms with E-state index in [4.69, 9.17) is 0 Å². The Labute approximate surface area is 133 Å². The molecule has 122 valence electrons. The van der Waals surface area contributed by atoms with Crippen molar-refractivity contribution < 1.29 is 8.42 Å². The van der Waals surface area contributed by atoms with Gasteiger partial charge in [-0.1, -0.05) is 27.7 Å². The fourth-order valence-corrected chi connectivity index (χ4v) is 4.44. The summed E-state index contributed by atoms with van der Waals surface area (Å²) in [6.45, 7) is 12.6. The molecule has 0 aromatic carbocycles. The summed E-state index contributed by atoms with van der Waals surface area (Å²) in [4.78, 5) is 1.10. The van der Waals surface area contributed by atoms with E-state index < -0.39 is 10.0 Å². The number of nitrogens with one attached hydrogen (secondary N) is 2. The molecule has 0 radical (unpaired) electrons. The molecule has 0 fully saturated rings. The van der Waals surface area contributed by atoms with E-state index in [1.807, 2.05) is 6.92 Å². The van der Waals surface area contributed by atoms with Crippen molar-refractivity contribution in [3.05, 3.63) is 16.5 Å². The monoisotopic (exact) mass is 332 g/mol. The molecule has 0 saturated carbocycles. The largest absolute Gasteiger partial charge is 0.312 e. The summed E-state index contributed by atoms with van der Waals surface area (Å²) in [6.07, 6.45) is 1.89. The summed E-state index contributed by atoms with van der Waals surface area (Å²) < 4.78 is 27.7. The number of sulfonamides is 1. The van der Waals surface area contributed by atoms with Gasteiger partial charge in [0.15, 0.2) is 0 Å². The van der Waals surface area contributed by atoms with Crippen LogP contribution in [0.2, 0.25) is 0 Å². The SMILES string of the molecule is CCCNCc1sc(S(=O)(=O)NCCC(C)(C)C)cc1C. The van der Waals surface area contributed by atoms with Crippen molar-refractivity contribution in [1.29, 1.82) is 0 Å². The molecule has 0 amide bonds. The van der Waals surface area contributed by atoms with Crippen molar-refractivity contribution in [3.8, 4) is 0 Å². The highest BCUT2D eigenvalue weighted by molar-refractivity contribution is 7.91. The Morgan fingerprint density at radius 1 is 1.24 bits per heavy atom. The maximum absolute atomic E-state index is 12.3. The van der Waals surface area contributed by atoms with Gasteiger partial charge in [0.05, 0.1) is 0 Å². The van der Waals surface area contributed by atoms with Gasteiger partial charge in [-0.05, 0) is 43.4 Å². The van der Waals surface area contributed by atoms with E-state index in [2.05, 4.69) is 37.7 Å². The van der Waals surface area contributed by atoms with Crippen LogP contribution in [0.4, 0.5) is 0 Å². The lowest BCUT2D eigenvalue weighted by molar-refractivity contribution is 0.378. The first-order chi connectivity index (χ1) is 9.65. The summed E-state index contributed by atoms with van der Waals surface area (Å²) in [5.74, 6) is 0. The topological polar surface area (TPSA) is 58.2 Å². The van der Waals surface area contributed by atoms with E-state index in [1.54, 1.807) is 6.07 Å². The van der Waals surface area contributed by atoms with Crippen LogP contribution in [0.15, 0.2) is 10.3 Å². The van der Waals surface area contributed by atoms with Gasteiger partial charge in [-0.3, -0.25) is 0 Å². The van der Waals surface area contributed by atoms with Crippen LogP contribution in [-0.2, 0) is 16.6 Å². The molecule has 0 atom stereocenters. The minimum absolute atomic E-state index is 0.128. The lowest BCUT2D eigenvalue weighted by Crippen LogP contribution is -2.26. The van der Waals surface area contributed by atoms with Crippen molar-refractivity contribution in [1.82, 2.24) is 10.0 Å². The summed E-state index contributed by atoms with van der Waals surface area (Å²) in [5, 5.41) is 3.32. The lowest BCUT2D eigenvalue weighted by Gasteiger charge is -2.17. The highest BCUT2D eigenvalue weighted by Crippen LogP contribution is 2.26. The third-order valence-corrected chi connectivity index (χ3v) is 6.31. The molecule has 0 spiro atoms. The first kappa shape index (κ1) is 18.6. The summed E-state index contributed by atoms with van der Waals surface area (Å²) in [5.41, 5.74) is 1.17. The molecule has 0 unspecified atom stereocenters. The fourth-order valence-electron chi connectivity index (χ4n) is 1.81. The quantitative estimate of drug-likeness (QED) is 0.718. The highest BCUT2D eigenvalue weighted by atomic mass is 32.2. The normalized spacial score (nSPS) is 12.8. The van der Waals surface area contributed by atoms with Crippen molar-refractivity contribution in [2.45, 2.75) is 58.2 Å². The van der Waals surface area contributed by atoms with Gasteiger partial charge in [-0.2, -0.15) is 0 Å². The second-order valence-corrected chi connectivity index (χ2v) is 9.69. The number of aryl methyl sites for hydroxylation is 1. The molecule has 1 aromatic rings. The van der Waals surface area contributed by atoms with Gasteiger partial charge >= 0.3 is 0 Å².